The van der Waals surface area contributed by atoms with Crippen molar-refractivity contribution in [2.45, 2.75) is 26.3 Å². The Morgan fingerprint density at radius 1 is 1.00 bits per heavy atom. The van der Waals surface area contributed by atoms with Gasteiger partial charge in [-0.25, -0.2) is 0 Å². The first-order chi connectivity index (χ1) is 6.54. The molecular formula is C8H20N2O4+. The van der Waals surface area contributed by atoms with Crippen LogP contribution in [0.3, 0.4) is 0 Å². The van der Waals surface area contributed by atoms with Gasteiger partial charge in [-0.2, -0.15) is 0 Å². The monoisotopic (exact) mass is 208 g/mol. The topological polar surface area (TPSA) is 90.1 Å². The first-order valence-corrected chi connectivity index (χ1v) is 4.65. The van der Waals surface area contributed by atoms with Crippen LogP contribution in [0.15, 0.2) is 0 Å². The molecule has 6 nitrogen and oxygen atoms in total. The maximum absolute atomic E-state index is 9.37. The normalized spacial score (nSPS) is 16.3. The molecule has 0 rings (SSSR count). The van der Waals surface area contributed by atoms with E-state index in [1.54, 1.807) is 0 Å². The van der Waals surface area contributed by atoms with Gasteiger partial charge in [-0.1, -0.05) is 5.01 Å². The second-order valence-electron chi connectivity index (χ2n) is 3.04. The molecule has 4 N–H and O–H groups in total. The third kappa shape index (κ3) is 4.32. The van der Waals surface area contributed by atoms with Gasteiger partial charge < -0.3 is 20.4 Å². The van der Waals surface area contributed by atoms with E-state index in [4.69, 9.17) is 10.2 Å². The number of hydrogen-bond acceptors (Lipinski definition) is 6. The lowest BCUT2D eigenvalue weighted by molar-refractivity contribution is -0.135. The van der Waals surface area contributed by atoms with E-state index in [2.05, 4.69) is 0 Å². The second kappa shape index (κ2) is 7.10. The lowest BCUT2D eigenvalue weighted by Crippen LogP contribution is -2.58. The summed E-state index contributed by atoms with van der Waals surface area (Å²) in [4.78, 5) is 0. The summed E-state index contributed by atoms with van der Waals surface area (Å²) in [6, 6.07) is 0. The minimum absolute atomic E-state index is 0.101. The molecule has 0 saturated heterocycles. The van der Waals surface area contributed by atoms with E-state index in [1.807, 2.05) is 0 Å². The van der Waals surface area contributed by atoms with Crippen molar-refractivity contribution < 1.29 is 20.4 Å². The molecule has 0 spiro atoms. The van der Waals surface area contributed by atoms with Crippen LogP contribution < -0.4 is 5.01 Å². The number of rotatable bonds is 7. The van der Waals surface area contributed by atoms with Crippen LogP contribution in [0.1, 0.15) is 13.8 Å². The van der Waals surface area contributed by atoms with Crippen molar-refractivity contribution in [3.63, 3.8) is 0 Å². The average Bonchev–Trinajstić information content (AvgIpc) is 2.03. The van der Waals surface area contributed by atoms with E-state index in [0.29, 0.717) is 0 Å². The summed E-state index contributed by atoms with van der Waals surface area (Å²) in [5.74, 6) is 0. The van der Waals surface area contributed by atoms with Crippen molar-refractivity contribution >= 4 is 0 Å². The van der Waals surface area contributed by atoms with Gasteiger partial charge in [0.1, 0.15) is 0 Å². The lowest BCUT2D eigenvalue weighted by atomic mass is 10.5. The number of hydrazine groups is 1. The van der Waals surface area contributed by atoms with Crippen LogP contribution in [0.25, 0.3) is 0 Å². The zero-order chi connectivity index (χ0) is 11.1. The van der Waals surface area contributed by atoms with Crippen molar-refractivity contribution in [2.24, 2.45) is 0 Å². The van der Waals surface area contributed by atoms with E-state index in [1.165, 1.54) is 23.9 Å². The highest BCUT2D eigenvalue weighted by molar-refractivity contribution is 4.65. The van der Waals surface area contributed by atoms with Crippen LogP contribution in [-0.2, 0) is 0 Å². The van der Waals surface area contributed by atoms with Gasteiger partial charge >= 0.3 is 0 Å². The SMILES string of the molecule is CC(O)[N+](C(C)O)N(CCO)CCO. The molecular weight excluding hydrogens is 188 g/mol. The Kier molecular flexibility index (Phi) is 6.98. The number of hydrogen-bond donors (Lipinski definition) is 4. The minimum Gasteiger partial charge on any atom is -0.395 e. The fourth-order valence-corrected chi connectivity index (χ4v) is 1.36. The first kappa shape index (κ1) is 13.8. The predicted octanol–water partition coefficient (Wildman–Crippen LogP) is -2.00. The predicted molar refractivity (Wildman–Crippen MR) is 51.2 cm³/mol. The minimum atomic E-state index is -0.868. The van der Waals surface area contributed by atoms with Gasteiger partial charge in [-0.05, 0) is 5.01 Å². The molecule has 2 unspecified atom stereocenters. The second-order valence-corrected chi connectivity index (χ2v) is 3.04. The average molecular weight is 208 g/mol. The van der Waals surface area contributed by atoms with E-state index >= 15 is 0 Å². The van der Waals surface area contributed by atoms with E-state index in [0.717, 1.165) is 0 Å². The third-order valence-corrected chi connectivity index (χ3v) is 1.81. The van der Waals surface area contributed by atoms with Crippen LogP contribution in [-0.4, -0.2) is 64.2 Å². The summed E-state index contributed by atoms with van der Waals surface area (Å²) >= 11 is 0. The first-order valence-electron chi connectivity index (χ1n) is 4.65. The zero-order valence-electron chi connectivity index (χ0n) is 8.67. The molecule has 1 radical (unpaired) electrons. The Labute approximate surface area is 84.0 Å². The molecule has 0 fully saturated rings. The Hall–Kier alpha value is -0.240. The van der Waals surface area contributed by atoms with Crippen LogP contribution >= 0.6 is 0 Å². The molecule has 0 aliphatic heterocycles. The fraction of sp³-hybridized carbons (Fsp3) is 1.00. The molecule has 2 atom stereocenters. The highest BCUT2D eigenvalue weighted by atomic mass is 16.3. The molecule has 0 aromatic rings. The summed E-state index contributed by atoms with van der Waals surface area (Å²) in [7, 11) is 0. The van der Waals surface area contributed by atoms with E-state index in [-0.39, 0.29) is 26.3 Å². The maximum Gasteiger partial charge on any atom is 0.255 e. The Balaban J connectivity index is 4.37. The van der Waals surface area contributed by atoms with Crippen molar-refractivity contribution in [1.29, 1.82) is 0 Å². The van der Waals surface area contributed by atoms with Gasteiger partial charge in [0.25, 0.3) is 12.5 Å². The van der Waals surface area contributed by atoms with Gasteiger partial charge in [0.05, 0.1) is 26.3 Å². The highest BCUT2D eigenvalue weighted by Crippen LogP contribution is 2.02. The van der Waals surface area contributed by atoms with Gasteiger partial charge in [-0.15, -0.1) is 0 Å². The molecule has 0 aromatic carbocycles. The van der Waals surface area contributed by atoms with Crippen molar-refractivity contribution in [3.8, 4) is 0 Å². The largest absolute Gasteiger partial charge is 0.395 e. The quantitative estimate of drug-likeness (QED) is 0.221. The molecule has 0 amide bonds. The van der Waals surface area contributed by atoms with Crippen LogP contribution in [0.4, 0.5) is 0 Å². The Morgan fingerprint density at radius 2 is 1.36 bits per heavy atom. The fourth-order valence-electron chi connectivity index (χ4n) is 1.36. The smallest absolute Gasteiger partial charge is 0.255 e. The van der Waals surface area contributed by atoms with E-state index < -0.39 is 12.5 Å². The summed E-state index contributed by atoms with van der Waals surface area (Å²) in [6.45, 7) is 3.33. The zero-order valence-corrected chi connectivity index (χ0v) is 8.67. The summed E-state index contributed by atoms with van der Waals surface area (Å²) < 4.78 is 0. The molecule has 0 aliphatic rings. The summed E-state index contributed by atoms with van der Waals surface area (Å²) in [5, 5.41) is 39.1. The van der Waals surface area contributed by atoms with Crippen molar-refractivity contribution in [3.05, 3.63) is 0 Å². The molecule has 6 heteroatoms. The lowest BCUT2D eigenvalue weighted by Gasteiger charge is -2.26. The molecule has 85 valence electrons. The highest BCUT2D eigenvalue weighted by Gasteiger charge is 2.34. The molecule has 14 heavy (non-hydrogen) atoms. The summed E-state index contributed by atoms with van der Waals surface area (Å²) in [5.41, 5.74) is 0. The third-order valence-electron chi connectivity index (χ3n) is 1.81. The number of nitrogens with zero attached hydrogens (tertiary/aromatic N) is 2. The van der Waals surface area contributed by atoms with Crippen LogP contribution in [0, 0.1) is 0 Å². The molecule has 0 heterocycles. The Bertz CT molecular complexity index is 129. The molecule has 0 aromatic heterocycles. The number of aliphatic hydroxyl groups excluding tert-OH is 4. The van der Waals surface area contributed by atoms with Crippen LogP contribution in [0.2, 0.25) is 0 Å². The summed E-state index contributed by atoms with van der Waals surface area (Å²) in [6.07, 6.45) is -1.74. The molecule has 0 saturated carbocycles. The van der Waals surface area contributed by atoms with Crippen LogP contribution in [0.5, 0.6) is 0 Å². The molecule has 0 aliphatic carbocycles. The van der Waals surface area contributed by atoms with Gasteiger partial charge in [0, 0.05) is 13.8 Å². The van der Waals surface area contributed by atoms with Gasteiger partial charge in [0.2, 0.25) is 0 Å². The molecule has 0 bridgehead atoms. The van der Waals surface area contributed by atoms with Gasteiger partial charge in [-0.3, -0.25) is 0 Å². The Morgan fingerprint density at radius 3 is 1.57 bits per heavy atom. The standard InChI is InChI=1S/C8H20N2O4/c1-7(13)10(8(2)14)9(3-5-11)4-6-12/h7-8,11-14H,3-6H2,1-2H3/q+1. The maximum atomic E-state index is 9.37. The van der Waals surface area contributed by atoms with Gasteiger partial charge in [0.15, 0.2) is 0 Å². The van der Waals surface area contributed by atoms with Crippen molar-refractivity contribution in [2.75, 3.05) is 26.3 Å². The van der Waals surface area contributed by atoms with E-state index in [9.17, 15) is 10.2 Å². The number of aliphatic hydroxyl groups is 4. The van der Waals surface area contributed by atoms with Crippen molar-refractivity contribution in [1.82, 2.24) is 10.0 Å².